The minimum atomic E-state index is -0.136. The van der Waals surface area contributed by atoms with Gasteiger partial charge < -0.3 is 14.5 Å². The summed E-state index contributed by atoms with van der Waals surface area (Å²) in [6.45, 7) is 2.16. The van der Waals surface area contributed by atoms with Crippen LogP contribution in [0.2, 0.25) is 0 Å². The van der Waals surface area contributed by atoms with Gasteiger partial charge >= 0.3 is 0 Å². The zero-order chi connectivity index (χ0) is 18.9. The van der Waals surface area contributed by atoms with Crippen LogP contribution in [0.1, 0.15) is 16.9 Å². The number of fused-ring (bicyclic) bond motifs is 3. The normalized spacial score (nSPS) is 13.0. The van der Waals surface area contributed by atoms with Crippen LogP contribution in [0.3, 0.4) is 0 Å². The Balaban J connectivity index is 0.00000205. The van der Waals surface area contributed by atoms with E-state index in [1.807, 2.05) is 54.6 Å². The number of nitrogens with zero attached hydrogens (tertiary/aromatic N) is 1. The zero-order valence-corrected chi connectivity index (χ0v) is 16.6. The van der Waals surface area contributed by atoms with E-state index in [0.29, 0.717) is 12.4 Å². The standard InChI is InChI=1S/C23H20N2O3.ClH/c26-23-13-18(27-15-16-4-2-1-3-5-16)9-11-25(23)17-6-7-19-20-8-10-24-14-22(20)28-21(19)12-17;/h1-7,9,11-13,24H,8,10,14-15H2;1H. The molecule has 0 saturated heterocycles. The third-order valence-corrected chi connectivity index (χ3v) is 5.11. The van der Waals surface area contributed by atoms with Crippen molar-refractivity contribution in [2.75, 3.05) is 6.54 Å². The highest BCUT2D eigenvalue weighted by Crippen LogP contribution is 2.29. The van der Waals surface area contributed by atoms with Crippen LogP contribution >= 0.6 is 12.4 Å². The topological polar surface area (TPSA) is 56.4 Å². The summed E-state index contributed by atoms with van der Waals surface area (Å²) in [5.41, 5.74) is 3.81. The van der Waals surface area contributed by atoms with Gasteiger partial charge in [-0.2, -0.15) is 0 Å². The monoisotopic (exact) mass is 408 g/mol. The molecule has 0 saturated carbocycles. The lowest BCUT2D eigenvalue weighted by atomic mass is 10.0. The van der Waals surface area contributed by atoms with Crippen molar-refractivity contribution in [3.63, 3.8) is 0 Å². The number of aromatic nitrogens is 1. The molecule has 0 radical (unpaired) electrons. The van der Waals surface area contributed by atoms with E-state index in [9.17, 15) is 4.79 Å². The second-order valence-electron chi connectivity index (χ2n) is 6.96. The van der Waals surface area contributed by atoms with Crippen molar-refractivity contribution in [2.45, 2.75) is 19.6 Å². The number of hydrogen-bond acceptors (Lipinski definition) is 4. The van der Waals surface area contributed by atoms with Crippen molar-refractivity contribution in [3.8, 4) is 11.4 Å². The van der Waals surface area contributed by atoms with Crippen LogP contribution in [0, 0.1) is 0 Å². The van der Waals surface area contributed by atoms with Gasteiger partial charge in [-0.25, -0.2) is 0 Å². The molecule has 29 heavy (non-hydrogen) atoms. The zero-order valence-electron chi connectivity index (χ0n) is 15.8. The lowest BCUT2D eigenvalue weighted by molar-refractivity contribution is 0.305. The van der Waals surface area contributed by atoms with E-state index >= 15 is 0 Å². The van der Waals surface area contributed by atoms with Crippen molar-refractivity contribution >= 4 is 23.4 Å². The van der Waals surface area contributed by atoms with Gasteiger partial charge in [-0.3, -0.25) is 9.36 Å². The lowest BCUT2D eigenvalue weighted by Gasteiger charge is -2.10. The molecule has 0 amide bonds. The Kier molecular flexibility index (Phi) is 5.43. The average molecular weight is 409 g/mol. The Morgan fingerprint density at radius 2 is 1.93 bits per heavy atom. The Bertz CT molecular complexity index is 1200. The first kappa shape index (κ1) is 19.3. The van der Waals surface area contributed by atoms with Gasteiger partial charge in [0.2, 0.25) is 0 Å². The first-order valence-electron chi connectivity index (χ1n) is 9.43. The van der Waals surface area contributed by atoms with Crippen LogP contribution in [-0.2, 0) is 19.6 Å². The van der Waals surface area contributed by atoms with E-state index in [0.717, 1.165) is 47.5 Å². The molecule has 0 atom stereocenters. The maximum absolute atomic E-state index is 12.6. The minimum absolute atomic E-state index is 0. The number of benzene rings is 2. The summed E-state index contributed by atoms with van der Waals surface area (Å²) in [6, 6.07) is 19.2. The molecular weight excluding hydrogens is 388 g/mol. The quantitative estimate of drug-likeness (QED) is 0.549. The molecule has 0 unspecified atom stereocenters. The summed E-state index contributed by atoms with van der Waals surface area (Å²) in [4.78, 5) is 12.6. The lowest BCUT2D eigenvalue weighted by Crippen LogP contribution is -2.22. The maximum Gasteiger partial charge on any atom is 0.258 e. The molecule has 2 aromatic carbocycles. The second-order valence-corrected chi connectivity index (χ2v) is 6.96. The number of pyridine rings is 1. The molecule has 3 heterocycles. The summed E-state index contributed by atoms with van der Waals surface area (Å²) >= 11 is 0. The van der Waals surface area contributed by atoms with Crippen LogP contribution in [0.5, 0.6) is 5.75 Å². The van der Waals surface area contributed by atoms with Gasteiger partial charge in [-0.05, 0) is 36.7 Å². The number of hydrogen-bond donors (Lipinski definition) is 1. The predicted molar refractivity (Wildman–Crippen MR) is 115 cm³/mol. The molecule has 0 spiro atoms. The van der Waals surface area contributed by atoms with Crippen LogP contribution in [-0.4, -0.2) is 11.1 Å². The summed E-state index contributed by atoms with van der Waals surface area (Å²) in [6.07, 6.45) is 2.71. The molecule has 5 nitrogen and oxygen atoms in total. The highest BCUT2D eigenvalue weighted by Gasteiger charge is 2.17. The first-order chi connectivity index (χ1) is 13.8. The average Bonchev–Trinajstić information content (AvgIpc) is 3.11. The molecule has 0 fully saturated rings. The van der Waals surface area contributed by atoms with E-state index in [4.69, 9.17) is 9.15 Å². The SMILES string of the molecule is Cl.O=c1cc(OCc2ccccc2)ccn1-c1ccc2c3c(oc2c1)CNCC3. The van der Waals surface area contributed by atoms with Gasteiger partial charge in [0.15, 0.2) is 0 Å². The fourth-order valence-electron chi connectivity index (χ4n) is 3.68. The number of ether oxygens (including phenoxy) is 1. The highest BCUT2D eigenvalue weighted by molar-refractivity contribution is 5.85. The van der Waals surface area contributed by atoms with E-state index in [1.54, 1.807) is 10.8 Å². The Morgan fingerprint density at radius 1 is 1.07 bits per heavy atom. The Labute approximate surface area is 174 Å². The smallest absolute Gasteiger partial charge is 0.258 e. The Morgan fingerprint density at radius 3 is 2.76 bits per heavy atom. The van der Waals surface area contributed by atoms with Crippen LogP contribution in [0.15, 0.2) is 76.1 Å². The highest BCUT2D eigenvalue weighted by atomic mass is 35.5. The third kappa shape index (κ3) is 3.79. The van der Waals surface area contributed by atoms with Crippen LogP contribution < -0.4 is 15.6 Å². The predicted octanol–water partition coefficient (Wildman–Crippen LogP) is 4.23. The molecule has 6 heteroatoms. The molecule has 1 N–H and O–H groups in total. The van der Waals surface area contributed by atoms with Crippen molar-refractivity contribution in [1.82, 2.24) is 9.88 Å². The fourth-order valence-corrected chi connectivity index (χ4v) is 3.68. The van der Waals surface area contributed by atoms with E-state index < -0.39 is 0 Å². The van der Waals surface area contributed by atoms with Crippen LogP contribution in [0.4, 0.5) is 0 Å². The van der Waals surface area contributed by atoms with Gasteiger partial charge in [0.25, 0.3) is 5.56 Å². The number of nitrogens with one attached hydrogen (secondary N) is 1. The summed E-state index contributed by atoms with van der Waals surface area (Å²) in [7, 11) is 0. The van der Waals surface area contributed by atoms with Crippen LogP contribution in [0.25, 0.3) is 16.7 Å². The molecule has 1 aliphatic rings. The van der Waals surface area contributed by atoms with Crippen molar-refractivity contribution < 1.29 is 9.15 Å². The molecule has 4 aromatic rings. The molecule has 0 aliphatic carbocycles. The van der Waals surface area contributed by atoms with Crippen molar-refractivity contribution in [2.24, 2.45) is 0 Å². The van der Waals surface area contributed by atoms with Gasteiger partial charge in [-0.15, -0.1) is 12.4 Å². The van der Waals surface area contributed by atoms with Gasteiger partial charge in [-0.1, -0.05) is 30.3 Å². The minimum Gasteiger partial charge on any atom is -0.489 e. The summed E-state index contributed by atoms with van der Waals surface area (Å²) < 4.78 is 13.4. The Hall–Kier alpha value is -3.02. The molecule has 5 rings (SSSR count). The molecule has 1 aliphatic heterocycles. The van der Waals surface area contributed by atoms with Gasteiger partial charge in [0.05, 0.1) is 12.2 Å². The number of halogens is 1. The van der Waals surface area contributed by atoms with E-state index in [-0.39, 0.29) is 18.0 Å². The molecular formula is C23H21ClN2O3. The summed E-state index contributed by atoms with van der Waals surface area (Å²) in [5.74, 6) is 1.56. The number of rotatable bonds is 4. The second kappa shape index (κ2) is 8.15. The molecule has 2 aromatic heterocycles. The fraction of sp³-hybridized carbons (Fsp3) is 0.174. The summed E-state index contributed by atoms with van der Waals surface area (Å²) in [5, 5.41) is 4.46. The van der Waals surface area contributed by atoms with Crippen molar-refractivity contribution in [3.05, 3.63) is 94.1 Å². The third-order valence-electron chi connectivity index (χ3n) is 5.11. The van der Waals surface area contributed by atoms with E-state index in [2.05, 4.69) is 5.32 Å². The van der Waals surface area contributed by atoms with Gasteiger partial charge in [0, 0.05) is 29.3 Å². The largest absolute Gasteiger partial charge is 0.489 e. The molecule has 0 bridgehead atoms. The number of furan rings is 1. The molecule has 148 valence electrons. The first-order valence-corrected chi connectivity index (χ1v) is 9.43. The maximum atomic E-state index is 12.6. The van der Waals surface area contributed by atoms with Crippen molar-refractivity contribution in [1.29, 1.82) is 0 Å². The van der Waals surface area contributed by atoms with Gasteiger partial charge in [0.1, 0.15) is 23.7 Å². The van der Waals surface area contributed by atoms with E-state index in [1.165, 1.54) is 11.6 Å².